The third-order valence-electron chi connectivity index (χ3n) is 4.48. The van der Waals surface area contributed by atoms with Gasteiger partial charge in [-0.3, -0.25) is 0 Å². The van der Waals surface area contributed by atoms with Crippen LogP contribution in [0.5, 0.6) is 0 Å². The molecule has 5 nitrogen and oxygen atoms in total. The molecule has 24 heavy (non-hydrogen) atoms. The molecular weight excluding hydrogens is 324 g/mol. The zero-order valence-electron chi connectivity index (χ0n) is 13.9. The lowest BCUT2D eigenvalue weighted by Gasteiger charge is -2.31. The summed E-state index contributed by atoms with van der Waals surface area (Å²) < 4.78 is 32.3. The van der Waals surface area contributed by atoms with Gasteiger partial charge in [0.1, 0.15) is 11.5 Å². The summed E-state index contributed by atoms with van der Waals surface area (Å²) in [7, 11) is -3.35. The average molecular weight is 348 g/mol. The van der Waals surface area contributed by atoms with Crippen LogP contribution in [0.4, 0.5) is 0 Å². The first kappa shape index (κ1) is 17.2. The number of nitrogens with zero attached hydrogens (tertiary/aromatic N) is 1. The van der Waals surface area contributed by atoms with Gasteiger partial charge in [0.25, 0.3) is 0 Å². The van der Waals surface area contributed by atoms with Crippen molar-refractivity contribution in [1.82, 2.24) is 9.62 Å². The maximum Gasteiger partial charge on any atom is 0.243 e. The monoisotopic (exact) mass is 348 g/mol. The molecule has 1 fully saturated rings. The van der Waals surface area contributed by atoms with E-state index in [2.05, 4.69) is 5.32 Å². The molecule has 2 aromatic rings. The number of nitrogens with one attached hydrogen (secondary N) is 1. The van der Waals surface area contributed by atoms with Crippen molar-refractivity contribution in [3.05, 3.63) is 54.0 Å². The lowest BCUT2D eigenvalue weighted by molar-refractivity contribution is 0.265. The minimum Gasteiger partial charge on any atom is -0.465 e. The fourth-order valence-electron chi connectivity index (χ4n) is 3.07. The molecule has 130 valence electrons. The van der Waals surface area contributed by atoms with Crippen molar-refractivity contribution in [1.29, 1.82) is 0 Å². The number of hydrogen-bond donors (Lipinski definition) is 1. The van der Waals surface area contributed by atoms with E-state index in [9.17, 15) is 8.42 Å². The van der Waals surface area contributed by atoms with Crippen LogP contribution in [0.3, 0.4) is 0 Å². The van der Waals surface area contributed by atoms with Gasteiger partial charge >= 0.3 is 0 Å². The Morgan fingerprint density at radius 2 is 1.83 bits per heavy atom. The summed E-state index contributed by atoms with van der Waals surface area (Å²) in [5.41, 5.74) is 0. The van der Waals surface area contributed by atoms with E-state index in [1.807, 2.05) is 25.1 Å². The number of sulfonamides is 1. The van der Waals surface area contributed by atoms with Gasteiger partial charge in [0.2, 0.25) is 10.0 Å². The van der Waals surface area contributed by atoms with Gasteiger partial charge in [-0.15, -0.1) is 0 Å². The lowest BCUT2D eigenvalue weighted by atomic mass is 9.98. The predicted octanol–water partition coefficient (Wildman–Crippen LogP) is 2.78. The van der Waals surface area contributed by atoms with E-state index in [4.69, 9.17) is 4.42 Å². The normalized spacial score (nSPS) is 17.2. The molecule has 2 heterocycles. The minimum absolute atomic E-state index is 0.384. The molecule has 1 aliphatic rings. The van der Waals surface area contributed by atoms with Gasteiger partial charge in [0.15, 0.2) is 0 Å². The predicted molar refractivity (Wildman–Crippen MR) is 93.1 cm³/mol. The Labute approximate surface area is 143 Å². The molecule has 0 amide bonds. The zero-order valence-corrected chi connectivity index (χ0v) is 14.8. The van der Waals surface area contributed by atoms with Crippen LogP contribution in [0.2, 0.25) is 0 Å². The maximum atomic E-state index is 12.6. The highest BCUT2D eigenvalue weighted by atomic mass is 32.2. The highest BCUT2D eigenvalue weighted by Gasteiger charge is 2.28. The van der Waals surface area contributed by atoms with E-state index >= 15 is 0 Å². The molecule has 0 saturated carbocycles. The second-order valence-corrected chi connectivity index (χ2v) is 8.24. The average Bonchev–Trinajstić information content (AvgIpc) is 3.01. The number of hydrogen-bond acceptors (Lipinski definition) is 4. The molecule has 1 aromatic carbocycles. The summed E-state index contributed by atoms with van der Waals surface area (Å²) in [6, 6.07) is 12.6. The number of benzene rings is 1. The topological polar surface area (TPSA) is 62.6 Å². The second kappa shape index (κ2) is 7.51. The number of furan rings is 1. The fourth-order valence-corrected chi connectivity index (χ4v) is 4.57. The Hall–Kier alpha value is -1.63. The molecule has 0 aliphatic carbocycles. The Morgan fingerprint density at radius 1 is 1.12 bits per heavy atom. The fraction of sp³-hybridized carbons (Fsp3) is 0.444. The molecular formula is C18H24N2O3S. The summed E-state index contributed by atoms with van der Waals surface area (Å²) in [4.78, 5) is 0.384. The lowest BCUT2D eigenvalue weighted by Crippen LogP contribution is -2.40. The largest absolute Gasteiger partial charge is 0.465 e. The maximum absolute atomic E-state index is 12.6. The van der Waals surface area contributed by atoms with Crippen molar-refractivity contribution in [2.75, 3.05) is 19.6 Å². The molecule has 1 aliphatic heterocycles. The third-order valence-corrected chi connectivity index (χ3v) is 6.40. The van der Waals surface area contributed by atoms with Gasteiger partial charge in [-0.25, -0.2) is 8.42 Å². The number of piperidine rings is 1. The van der Waals surface area contributed by atoms with Crippen molar-refractivity contribution in [3.8, 4) is 0 Å². The molecule has 1 N–H and O–H groups in total. The first-order valence-corrected chi connectivity index (χ1v) is 9.81. The molecule has 0 spiro atoms. The molecule has 3 rings (SSSR count). The van der Waals surface area contributed by atoms with Gasteiger partial charge in [-0.05, 0) is 56.5 Å². The van der Waals surface area contributed by atoms with E-state index < -0.39 is 10.0 Å². The molecule has 0 atom stereocenters. The molecule has 0 radical (unpaired) electrons. The molecule has 0 unspecified atom stereocenters. The van der Waals surface area contributed by atoms with E-state index in [0.29, 0.717) is 23.9 Å². The summed E-state index contributed by atoms with van der Waals surface area (Å²) in [5.74, 6) is 2.37. The van der Waals surface area contributed by atoms with Crippen LogP contribution < -0.4 is 5.32 Å². The highest BCUT2D eigenvalue weighted by molar-refractivity contribution is 7.89. The summed E-state index contributed by atoms with van der Waals surface area (Å²) in [6.45, 7) is 4.72. The first-order valence-electron chi connectivity index (χ1n) is 8.37. The van der Waals surface area contributed by atoms with E-state index in [1.54, 1.807) is 28.6 Å². The van der Waals surface area contributed by atoms with E-state index in [-0.39, 0.29) is 0 Å². The van der Waals surface area contributed by atoms with E-state index in [0.717, 1.165) is 37.5 Å². The number of aryl methyl sites for hydroxylation is 1. The van der Waals surface area contributed by atoms with Crippen LogP contribution in [0.15, 0.2) is 51.8 Å². The van der Waals surface area contributed by atoms with Gasteiger partial charge in [0.05, 0.1) is 11.4 Å². The summed E-state index contributed by atoms with van der Waals surface area (Å²) >= 11 is 0. The molecule has 1 saturated heterocycles. The van der Waals surface area contributed by atoms with Crippen LogP contribution >= 0.6 is 0 Å². The van der Waals surface area contributed by atoms with E-state index in [1.165, 1.54) is 0 Å². The second-order valence-electron chi connectivity index (χ2n) is 6.30. The van der Waals surface area contributed by atoms with Crippen molar-refractivity contribution in [2.45, 2.75) is 31.2 Å². The Balaban J connectivity index is 1.47. The van der Waals surface area contributed by atoms with Crippen molar-refractivity contribution >= 4 is 10.0 Å². The van der Waals surface area contributed by atoms with Crippen molar-refractivity contribution in [2.24, 2.45) is 5.92 Å². The smallest absolute Gasteiger partial charge is 0.243 e. The zero-order chi connectivity index (χ0) is 17.0. The van der Waals surface area contributed by atoms with Gasteiger partial charge < -0.3 is 9.73 Å². The van der Waals surface area contributed by atoms with Crippen LogP contribution in [-0.4, -0.2) is 32.4 Å². The minimum atomic E-state index is -3.35. The Morgan fingerprint density at radius 3 is 2.46 bits per heavy atom. The summed E-state index contributed by atoms with van der Waals surface area (Å²) in [6.07, 6.45) is 1.77. The Kier molecular flexibility index (Phi) is 5.38. The van der Waals surface area contributed by atoms with Crippen LogP contribution in [0, 0.1) is 12.8 Å². The van der Waals surface area contributed by atoms with Crippen LogP contribution in [-0.2, 0) is 16.6 Å². The first-order chi connectivity index (χ1) is 11.6. The molecule has 1 aromatic heterocycles. The van der Waals surface area contributed by atoms with Crippen molar-refractivity contribution in [3.63, 3.8) is 0 Å². The number of rotatable bonds is 6. The van der Waals surface area contributed by atoms with Gasteiger partial charge in [-0.2, -0.15) is 4.31 Å². The van der Waals surface area contributed by atoms with Crippen LogP contribution in [0.1, 0.15) is 24.4 Å². The summed E-state index contributed by atoms with van der Waals surface area (Å²) in [5, 5.41) is 3.41. The van der Waals surface area contributed by atoms with Gasteiger partial charge in [0, 0.05) is 13.1 Å². The van der Waals surface area contributed by atoms with Crippen LogP contribution in [0.25, 0.3) is 0 Å². The standard InChI is InChI=1S/C18H24N2O3S/c1-15-7-8-17(23-15)14-19-13-16-9-11-20(12-10-16)24(21,22)18-5-3-2-4-6-18/h2-8,16,19H,9-14H2,1H3. The van der Waals surface area contributed by atoms with Gasteiger partial charge in [-0.1, -0.05) is 18.2 Å². The third kappa shape index (κ3) is 4.06. The SMILES string of the molecule is Cc1ccc(CNCC2CCN(S(=O)(=O)c3ccccc3)CC2)o1. The Bertz CT molecular complexity index is 748. The molecule has 6 heteroatoms. The quantitative estimate of drug-likeness (QED) is 0.872. The highest BCUT2D eigenvalue weighted by Crippen LogP contribution is 2.23. The molecule has 0 bridgehead atoms. The van der Waals surface area contributed by atoms with Crippen molar-refractivity contribution < 1.29 is 12.8 Å².